The number of para-hydroxylation sites is 5. The fourth-order valence-corrected chi connectivity index (χ4v) is 6.56. The van der Waals surface area contributed by atoms with Gasteiger partial charge in [-0.1, -0.05) is 127 Å². The molecule has 0 aliphatic rings. The lowest BCUT2D eigenvalue weighted by Crippen LogP contribution is -2.09. The Bertz CT molecular complexity index is 2440. The number of aromatic nitrogens is 4. The lowest BCUT2D eigenvalue weighted by atomic mass is 10.0. The second-order valence-corrected chi connectivity index (χ2v) is 12.3. The average Bonchev–Trinajstić information content (AvgIpc) is 3.21. The molecule has 5 nitrogen and oxygen atoms in total. The van der Waals surface area contributed by atoms with Crippen molar-refractivity contribution in [2.75, 3.05) is 4.90 Å². The van der Waals surface area contributed by atoms with Gasteiger partial charge in [-0.3, -0.25) is 0 Å². The normalized spacial score (nSPS) is 11.1. The molecule has 0 N–H and O–H groups in total. The number of nitrogens with zero attached hydrogens (tertiary/aromatic N) is 5. The summed E-state index contributed by atoms with van der Waals surface area (Å²) in [6.45, 7) is 0. The predicted molar refractivity (Wildman–Crippen MR) is 209 cm³/mol. The topological polar surface area (TPSA) is 54.8 Å². The number of benzene rings is 7. The van der Waals surface area contributed by atoms with Crippen molar-refractivity contribution in [1.82, 2.24) is 19.9 Å². The molecule has 2 aromatic heterocycles. The summed E-state index contributed by atoms with van der Waals surface area (Å²) in [6.07, 6.45) is 0. The first kappa shape index (κ1) is 30.1. The van der Waals surface area contributed by atoms with Gasteiger partial charge in [0, 0.05) is 39.3 Å². The van der Waals surface area contributed by atoms with Crippen molar-refractivity contribution < 1.29 is 0 Å². The predicted octanol–water partition coefficient (Wildman–Crippen LogP) is 11.7. The van der Waals surface area contributed by atoms with Crippen LogP contribution in [0, 0.1) is 0 Å². The molecule has 0 spiro atoms. The molecule has 0 aliphatic heterocycles. The fraction of sp³-hybridized carbons (Fsp3) is 0. The van der Waals surface area contributed by atoms with E-state index in [-0.39, 0.29) is 0 Å². The van der Waals surface area contributed by atoms with Crippen LogP contribution in [0.15, 0.2) is 188 Å². The minimum atomic E-state index is 0.854. The van der Waals surface area contributed by atoms with Gasteiger partial charge in [-0.05, 0) is 60.7 Å². The highest BCUT2D eigenvalue weighted by atomic mass is 15.1. The molecule has 0 unspecified atom stereocenters. The van der Waals surface area contributed by atoms with Crippen molar-refractivity contribution in [3.63, 3.8) is 0 Å². The average molecular weight is 654 g/mol. The van der Waals surface area contributed by atoms with E-state index in [1.54, 1.807) is 0 Å². The monoisotopic (exact) mass is 653 g/mol. The standard InChI is InChI=1S/C46H31N5/c1-4-14-32(15-5-1)43-45(49-41-22-12-10-20-39(41)47-43)34-24-28-37(29-25-34)51(36-18-8-3-9-19-36)38-30-26-35(27-31-38)46-44(33-16-6-2-7-17-33)48-40-21-11-13-23-42(40)50-46/h1-31H. The van der Waals surface area contributed by atoms with E-state index >= 15 is 0 Å². The van der Waals surface area contributed by atoms with Crippen LogP contribution in [0.5, 0.6) is 0 Å². The van der Waals surface area contributed by atoms with Crippen molar-refractivity contribution in [3.8, 4) is 45.0 Å². The first-order valence-corrected chi connectivity index (χ1v) is 17.0. The van der Waals surface area contributed by atoms with Gasteiger partial charge in [0.1, 0.15) is 0 Å². The zero-order valence-corrected chi connectivity index (χ0v) is 27.6. The Morgan fingerprint density at radius 3 is 0.824 bits per heavy atom. The Hall–Kier alpha value is -6.98. The molecule has 9 rings (SSSR count). The van der Waals surface area contributed by atoms with Crippen molar-refractivity contribution in [3.05, 3.63) is 188 Å². The van der Waals surface area contributed by atoms with E-state index in [0.29, 0.717) is 0 Å². The fourth-order valence-electron chi connectivity index (χ4n) is 6.56. The molecule has 51 heavy (non-hydrogen) atoms. The summed E-state index contributed by atoms with van der Waals surface area (Å²) < 4.78 is 0. The van der Waals surface area contributed by atoms with Gasteiger partial charge in [0.15, 0.2) is 0 Å². The smallest absolute Gasteiger partial charge is 0.0973 e. The van der Waals surface area contributed by atoms with E-state index in [9.17, 15) is 0 Å². The molecule has 0 atom stereocenters. The van der Waals surface area contributed by atoms with Gasteiger partial charge in [-0.25, -0.2) is 19.9 Å². The molecular formula is C46H31N5. The number of hydrogen-bond acceptors (Lipinski definition) is 5. The SMILES string of the molecule is c1ccc(-c2nc3ccccc3nc2-c2ccc(N(c3ccccc3)c3ccc(-c4nc5ccccc5nc4-c4ccccc4)cc3)cc2)cc1. The van der Waals surface area contributed by atoms with Crippen LogP contribution in [0.1, 0.15) is 0 Å². The van der Waals surface area contributed by atoms with Crippen LogP contribution in [-0.4, -0.2) is 19.9 Å². The molecule has 2 heterocycles. The van der Waals surface area contributed by atoms with E-state index in [0.717, 1.165) is 84.2 Å². The van der Waals surface area contributed by atoms with Crippen LogP contribution >= 0.6 is 0 Å². The van der Waals surface area contributed by atoms with Crippen molar-refractivity contribution in [1.29, 1.82) is 0 Å². The van der Waals surface area contributed by atoms with Crippen molar-refractivity contribution in [2.45, 2.75) is 0 Å². The molecule has 240 valence electrons. The van der Waals surface area contributed by atoms with Crippen LogP contribution in [0.25, 0.3) is 67.1 Å². The Morgan fingerprint density at radius 1 is 0.235 bits per heavy atom. The largest absolute Gasteiger partial charge is 0.311 e. The second kappa shape index (κ2) is 13.1. The van der Waals surface area contributed by atoms with Gasteiger partial charge in [0.05, 0.1) is 44.8 Å². The number of fused-ring (bicyclic) bond motifs is 2. The Labute approximate surface area is 296 Å². The number of rotatable bonds is 7. The van der Waals surface area contributed by atoms with Crippen LogP contribution in [0.4, 0.5) is 17.1 Å². The highest BCUT2D eigenvalue weighted by Crippen LogP contribution is 2.39. The molecule has 0 aliphatic carbocycles. The highest BCUT2D eigenvalue weighted by Gasteiger charge is 2.18. The van der Waals surface area contributed by atoms with Gasteiger partial charge in [0.25, 0.3) is 0 Å². The third-order valence-corrected chi connectivity index (χ3v) is 9.05. The molecule has 0 bridgehead atoms. The summed E-state index contributed by atoms with van der Waals surface area (Å²) in [6, 6.07) is 64.3. The Balaban J connectivity index is 1.12. The molecule has 5 heteroatoms. The zero-order valence-electron chi connectivity index (χ0n) is 27.6. The Kier molecular flexibility index (Phi) is 7.76. The maximum Gasteiger partial charge on any atom is 0.0973 e. The van der Waals surface area contributed by atoms with Crippen LogP contribution < -0.4 is 4.90 Å². The van der Waals surface area contributed by atoms with Crippen LogP contribution in [-0.2, 0) is 0 Å². The number of hydrogen-bond donors (Lipinski definition) is 0. The molecule has 0 saturated carbocycles. The highest BCUT2D eigenvalue weighted by molar-refractivity contribution is 5.89. The zero-order chi connectivity index (χ0) is 34.0. The number of anilines is 3. The van der Waals surface area contributed by atoms with Crippen LogP contribution in [0.3, 0.4) is 0 Å². The summed E-state index contributed by atoms with van der Waals surface area (Å²) in [5.74, 6) is 0. The third kappa shape index (κ3) is 5.87. The summed E-state index contributed by atoms with van der Waals surface area (Å²) in [5, 5.41) is 0. The van der Waals surface area contributed by atoms with Gasteiger partial charge >= 0.3 is 0 Å². The summed E-state index contributed by atoms with van der Waals surface area (Å²) >= 11 is 0. The van der Waals surface area contributed by atoms with Gasteiger partial charge < -0.3 is 4.90 Å². The van der Waals surface area contributed by atoms with E-state index in [4.69, 9.17) is 19.9 Å². The van der Waals surface area contributed by atoms with E-state index in [2.05, 4.69) is 102 Å². The van der Waals surface area contributed by atoms with Crippen molar-refractivity contribution in [2.24, 2.45) is 0 Å². The maximum atomic E-state index is 5.11. The van der Waals surface area contributed by atoms with Gasteiger partial charge in [0.2, 0.25) is 0 Å². The molecule has 0 amide bonds. The first-order valence-electron chi connectivity index (χ1n) is 17.0. The van der Waals surface area contributed by atoms with Crippen LogP contribution in [0.2, 0.25) is 0 Å². The quantitative estimate of drug-likeness (QED) is 0.171. The summed E-state index contributed by atoms with van der Waals surface area (Å²) in [4.78, 5) is 22.6. The lowest BCUT2D eigenvalue weighted by molar-refractivity contribution is 1.26. The minimum absolute atomic E-state index is 0.854. The minimum Gasteiger partial charge on any atom is -0.311 e. The Morgan fingerprint density at radius 2 is 0.490 bits per heavy atom. The van der Waals surface area contributed by atoms with E-state index in [1.807, 2.05) is 91.0 Å². The first-order chi connectivity index (χ1) is 25.3. The van der Waals surface area contributed by atoms with Gasteiger partial charge in [-0.15, -0.1) is 0 Å². The molecule has 9 aromatic rings. The van der Waals surface area contributed by atoms with Gasteiger partial charge in [-0.2, -0.15) is 0 Å². The van der Waals surface area contributed by atoms with E-state index in [1.165, 1.54) is 0 Å². The maximum absolute atomic E-state index is 5.11. The lowest BCUT2D eigenvalue weighted by Gasteiger charge is -2.26. The summed E-state index contributed by atoms with van der Waals surface area (Å²) in [7, 11) is 0. The molecular weight excluding hydrogens is 623 g/mol. The van der Waals surface area contributed by atoms with E-state index < -0.39 is 0 Å². The molecule has 7 aromatic carbocycles. The third-order valence-electron chi connectivity index (χ3n) is 9.05. The van der Waals surface area contributed by atoms with Crippen molar-refractivity contribution >= 4 is 39.1 Å². The summed E-state index contributed by atoms with van der Waals surface area (Å²) in [5.41, 5.74) is 14.1. The molecule has 0 radical (unpaired) electrons. The molecule has 0 saturated heterocycles. The molecule has 0 fully saturated rings. The second-order valence-electron chi connectivity index (χ2n) is 12.3.